The first kappa shape index (κ1) is 16.8. The van der Waals surface area contributed by atoms with Gasteiger partial charge in [0.1, 0.15) is 0 Å². The van der Waals surface area contributed by atoms with Gasteiger partial charge in [0.15, 0.2) is 0 Å². The Hall–Kier alpha value is 0. The summed E-state index contributed by atoms with van der Waals surface area (Å²) in [6, 6.07) is 0. The Balaban J connectivity index is 1.41. The van der Waals surface area contributed by atoms with E-state index in [4.69, 9.17) is 0 Å². The fraction of sp³-hybridized carbons (Fsp3) is 1.00. The minimum atomic E-state index is 1.11. The maximum Gasteiger partial charge on any atom is -0.0380 e. The Morgan fingerprint density at radius 3 is 1.41 bits per heavy atom. The van der Waals surface area contributed by atoms with Crippen LogP contribution in [0.1, 0.15) is 104 Å². The predicted molar refractivity (Wildman–Crippen MR) is 96.9 cm³/mol. The predicted octanol–water partition coefficient (Wildman–Crippen LogP) is 7.23. The monoisotopic (exact) mass is 304 g/mol. The molecule has 3 aliphatic rings. The lowest BCUT2D eigenvalue weighted by Crippen LogP contribution is -2.25. The molecule has 0 bridgehead atoms. The zero-order chi connectivity index (χ0) is 15.4. The van der Waals surface area contributed by atoms with Gasteiger partial charge in [0, 0.05) is 0 Å². The van der Waals surface area contributed by atoms with Gasteiger partial charge in [0.05, 0.1) is 0 Å². The van der Waals surface area contributed by atoms with Crippen molar-refractivity contribution >= 4 is 0 Å². The van der Waals surface area contributed by atoms with E-state index in [9.17, 15) is 0 Å². The Morgan fingerprint density at radius 2 is 0.955 bits per heavy atom. The van der Waals surface area contributed by atoms with E-state index in [0.29, 0.717) is 0 Å². The van der Waals surface area contributed by atoms with Gasteiger partial charge in [-0.1, -0.05) is 65.2 Å². The summed E-state index contributed by atoms with van der Waals surface area (Å²) in [4.78, 5) is 0. The Morgan fingerprint density at radius 1 is 0.500 bits per heavy atom. The first-order chi connectivity index (χ1) is 10.8. The maximum absolute atomic E-state index is 2.35. The molecule has 128 valence electrons. The van der Waals surface area contributed by atoms with Gasteiger partial charge in [-0.2, -0.15) is 0 Å². The van der Waals surface area contributed by atoms with Crippen molar-refractivity contribution in [3.63, 3.8) is 0 Å². The van der Waals surface area contributed by atoms with Crippen LogP contribution >= 0.6 is 0 Å². The summed E-state index contributed by atoms with van der Waals surface area (Å²) in [5, 5.41) is 0. The number of rotatable bonds is 8. The third kappa shape index (κ3) is 4.09. The lowest BCUT2D eigenvalue weighted by molar-refractivity contribution is 0.157. The molecule has 22 heavy (non-hydrogen) atoms. The highest BCUT2D eigenvalue weighted by Crippen LogP contribution is 2.56. The molecule has 0 heteroatoms. The third-order valence-corrected chi connectivity index (χ3v) is 7.52. The Labute approximate surface area is 139 Å². The average Bonchev–Trinajstić information content (AvgIpc) is 3.09. The zero-order valence-electron chi connectivity index (χ0n) is 15.4. The number of hydrogen-bond donors (Lipinski definition) is 0. The second kappa shape index (κ2) is 8.20. The first-order valence-corrected chi connectivity index (χ1v) is 10.8. The highest BCUT2D eigenvalue weighted by molar-refractivity contribution is 4.96. The van der Waals surface area contributed by atoms with E-state index >= 15 is 0 Å². The summed E-state index contributed by atoms with van der Waals surface area (Å²) in [7, 11) is 0. The summed E-state index contributed by atoms with van der Waals surface area (Å²) in [6.07, 6.45) is 21.5. The Bertz CT molecular complexity index is 298. The smallest absolute Gasteiger partial charge is 0.0380 e. The molecule has 0 amide bonds. The van der Waals surface area contributed by atoms with Gasteiger partial charge in [-0.3, -0.25) is 0 Å². The molecule has 0 saturated heterocycles. The van der Waals surface area contributed by atoms with Gasteiger partial charge in [0.25, 0.3) is 0 Å². The molecule has 3 fully saturated rings. The minimum absolute atomic E-state index is 1.11. The number of unbranched alkanes of at least 4 members (excludes halogenated alkanes) is 4. The van der Waals surface area contributed by atoms with Gasteiger partial charge in [-0.25, -0.2) is 0 Å². The van der Waals surface area contributed by atoms with Crippen molar-refractivity contribution in [2.45, 2.75) is 104 Å². The molecule has 0 spiro atoms. The van der Waals surface area contributed by atoms with Crippen LogP contribution in [0, 0.1) is 35.5 Å². The molecular formula is C22H40. The van der Waals surface area contributed by atoms with Crippen molar-refractivity contribution in [3.8, 4) is 0 Å². The topological polar surface area (TPSA) is 0 Å². The van der Waals surface area contributed by atoms with Crippen LogP contribution in [0.25, 0.3) is 0 Å². The molecule has 0 heterocycles. The molecule has 0 radical (unpaired) electrons. The normalized spacial score (nSPS) is 40.6. The van der Waals surface area contributed by atoms with Crippen LogP contribution in [-0.4, -0.2) is 0 Å². The second-order valence-corrected chi connectivity index (χ2v) is 9.18. The maximum atomic E-state index is 2.35. The largest absolute Gasteiger partial charge is 0.0654 e. The van der Waals surface area contributed by atoms with Crippen LogP contribution in [0.4, 0.5) is 0 Å². The molecule has 0 aromatic carbocycles. The van der Waals surface area contributed by atoms with Crippen LogP contribution in [0.2, 0.25) is 0 Å². The molecular weight excluding hydrogens is 264 g/mol. The molecule has 3 saturated carbocycles. The molecule has 0 aromatic rings. The molecule has 0 aromatic heterocycles. The molecule has 4 unspecified atom stereocenters. The van der Waals surface area contributed by atoms with E-state index in [1.165, 1.54) is 38.5 Å². The van der Waals surface area contributed by atoms with E-state index in [2.05, 4.69) is 13.8 Å². The van der Waals surface area contributed by atoms with Gasteiger partial charge < -0.3 is 0 Å². The second-order valence-electron chi connectivity index (χ2n) is 9.18. The fourth-order valence-electron chi connectivity index (χ4n) is 6.43. The Kier molecular flexibility index (Phi) is 6.28. The summed E-state index contributed by atoms with van der Waals surface area (Å²) < 4.78 is 0. The van der Waals surface area contributed by atoms with Crippen molar-refractivity contribution in [1.82, 2.24) is 0 Å². The van der Waals surface area contributed by atoms with E-state index in [-0.39, 0.29) is 0 Å². The van der Waals surface area contributed by atoms with Gasteiger partial charge >= 0.3 is 0 Å². The lowest BCUT2D eigenvalue weighted by atomic mass is 9.71. The third-order valence-electron chi connectivity index (χ3n) is 7.52. The van der Waals surface area contributed by atoms with E-state index in [1.807, 2.05) is 0 Å². The minimum Gasteiger partial charge on any atom is -0.0654 e. The highest BCUT2D eigenvalue weighted by Gasteiger charge is 2.45. The molecule has 0 aliphatic heterocycles. The quantitative estimate of drug-likeness (QED) is 0.415. The molecule has 0 nitrogen and oxygen atoms in total. The lowest BCUT2D eigenvalue weighted by Gasteiger charge is -2.34. The van der Waals surface area contributed by atoms with Crippen molar-refractivity contribution in [1.29, 1.82) is 0 Å². The van der Waals surface area contributed by atoms with Crippen LogP contribution in [0.15, 0.2) is 0 Å². The van der Waals surface area contributed by atoms with Crippen LogP contribution in [0.5, 0.6) is 0 Å². The summed E-state index contributed by atoms with van der Waals surface area (Å²) in [5.41, 5.74) is 0. The van der Waals surface area contributed by atoms with Crippen molar-refractivity contribution in [2.24, 2.45) is 35.5 Å². The standard InChI is InChI=1S/C22H40/c1-3-5-7-8-10-18-13-21-15-19-11-17(9-6-4-2)12-20(19)16-22(21)14-18/h17-22H,3-16H2,1-2H3. The first-order valence-electron chi connectivity index (χ1n) is 10.8. The fourth-order valence-corrected chi connectivity index (χ4v) is 6.43. The van der Waals surface area contributed by atoms with Crippen LogP contribution in [0.3, 0.4) is 0 Å². The van der Waals surface area contributed by atoms with Crippen molar-refractivity contribution in [2.75, 3.05) is 0 Å². The number of fused-ring (bicyclic) bond motifs is 2. The SMILES string of the molecule is CCCCCCC1CC2CC3CC(CCCC)CC3CC2C1. The summed E-state index contributed by atoms with van der Waals surface area (Å²) in [6.45, 7) is 4.68. The van der Waals surface area contributed by atoms with E-state index in [1.54, 1.807) is 51.4 Å². The molecule has 3 rings (SSSR count). The van der Waals surface area contributed by atoms with Gasteiger partial charge in [-0.15, -0.1) is 0 Å². The van der Waals surface area contributed by atoms with E-state index in [0.717, 1.165) is 35.5 Å². The number of hydrogen-bond acceptors (Lipinski definition) is 0. The van der Waals surface area contributed by atoms with Gasteiger partial charge in [0.2, 0.25) is 0 Å². The molecule has 0 N–H and O–H groups in total. The summed E-state index contributed by atoms with van der Waals surface area (Å²) >= 11 is 0. The average molecular weight is 305 g/mol. The van der Waals surface area contributed by atoms with Crippen LogP contribution < -0.4 is 0 Å². The van der Waals surface area contributed by atoms with Crippen molar-refractivity contribution < 1.29 is 0 Å². The zero-order valence-corrected chi connectivity index (χ0v) is 15.4. The molecule has 4 atom stereocenters. The highest BCUT2D eigenvalue weighted by atomic mass is 14.5. The van der Waals surface area contributed by atoms with Crippen LogP contribution in [-0.2, 0) is 0 Å². The van der Waals surface area contributed by atoms with Crippen molar-refractivity contribution in [3.05, 3.63) is 0 Å². The summed E-state index contributed by atoms with van der Waals surface area (Å²) in [5.74, 6) is 6.79. The molecule has 3 aliphatic carbocycles. The van der Waals surface area contributed by atoms with Gasteiger partial charge in [-0.05, 0) is 74.0 Å². The van der Waals surface area contributed by atoms with E-state index < -0.39 is 0 Å².